The first-order chi connectivity index (χ1) is 45.4. The summed E-state index contributed by atoms with van der Waals surface area (Å²) in [5, 5.41) is 23.6. The van der Waals surface area contributed by atoms with Crippen molar-refractivity contribution in [2.45, 2.75) is 230 Å². The molecule has 2 heterocycles. The molecule has 0 saturated carbocycles. The van der Waals surface area contributed by atoms with Crippen LogP contribution < -0.4 is 21.3 Å². The molecule has 11 amide bonds. The molecule has 2 aromatic rings. The summed E-state index contributed by atoms with van der Waals surface area (Å²) in [4.78, 5) is 192. The van der Waals surface area contributed by atoms with E-state index in [4.69, 9.17) is 9.72 Å². The number of hydrogen-bond donors (Lipinski definition) is 6. The summed E-state index contributed by atoms with van der Waals surface area (Å²) in [7, 11) is 9.79. The number of aliphatic hydroxyl groups excluding tert-OH is 1. The van der Waals surface area contributed by atoms with Crippen LogP contribution in [0.15, 0.2) is 18.2 Å². The van der Waals surface area contributed by atoms with Crippen molar-refractivity contribution >= 4 is 82.0 Å². The molecule has 1 aliphatic heterocycles. The Bertz CT molecular complexity index is 3110. The molecule has 6 N–H and O–H groups in total. The minimum absolute atomic E-state index is 0.00353. The minimum atomic E-state index is -1.77. The first-order valence-electron chi connectivity index (χ1n) is 34.8. The number of benzene rings is 1. The van der Waals surface area contributed by atoms with E-state index in [2.05, 4.69) is 26.3 Å². The number of amides is 11. The van der Waals surface area contributed by atoms with Gasteiger partial charge in [-0.1, -0.05) is 111 Å². The number of carbonyl (C=O) groups is 12. The molecular weight excluding hydrogens is 1260 g/mol. The molecular formula is C71H119N13O14. The molecule has 0 radical (unpaired) electrons. The summed E-state index contributed by atoms with van der Waals surface area (Å²) in [5.74, 6) is -10.7. The fourth-order valence-electron chi connectivity index (χ4n) is 12.2. The third-order valence-corrected chi connectivity index (χ3v) is 18.2. The predicted molar refractivity (Wildman–Crippen MR) is 374 cm³/mol. The minimum Gasteiger partial charge on any atom is -0.462 e. The first kappa shape index (κ1) is 84.5. The van der Waals surface area contributed by atoms with E-state index >= 15 is 19.2 Å². The lowest BCUT2D eigenvalue weighted by atomic mass is 9.91. The molecule has 0 aliphatic carbocycles. The molecule has 552 valence electrons. The fourth-order valence-corrected chi connectivity index (χ4v) is 12.2. The number of hydrogen-bond acceptors (Lipinski definition) is 15. The van der Waals surface area contributed by atoms with Crippen molar-refractivity contribution in [2.75, 3.05) is 62.5 Å². The van der Waals surface area contributed by atoms with Crippen LogP contribution in [0.25, 0.3) is 11.0 Å². The number of aromatic amines is 1. The van der Waals surface area contributed by atoms with Gasteiger partial charge in [-0.05, 0) is 111 Å². The van der Waals surface area contributed by atoms with Crippen LogP contribution in [0.3, 0.4) is 0 Å². The highest BCUT2D eigenvalue weighted by Crippen LogP contribution is 2.27. The topological polar surface area (TPSA) is 334 Å². The van der Waals surface area contributed by atoms with E-state index in [1.54, 1.807) is 59.7 Å². The molecule has 1 fully saturated rings. The van der Waals surface area contributed by atoms with Crippen molar-refractivity contribution in [3.63, 3.8) is 0 Å². The summed E-state index contributed by atoms with van der Waals surface area (Å²) in [5.41, 5.74) is 1.27. The Kier molecular flexibility index (Phi) is 32.3. The molecule has 12 atom stereocenters. The number of aromatic nitrogens is 2. The lowest BCUT2D eigenvalue weighted by molar-refractivity contribution is -0.157. The molecule has 0 spiro atoms. The zero-order chi connectivity index (χ0) is 75.0. The molecule has 1 aliphatic rings. The number of fused-ring (bicyclic) bond motifs is 1. The van der Waals surface area contributed by atoms with Gasteiger partial charge in [0.25, 0.3) is 0 Å². The molecule has 3 rings (SSSR count). The summed E-state index contributed by atoms with van der Waals surface area (Å²) >= 11 is 0. The average molecular weight is 1380 g/mol. The van der Waals surface area contributed by atoms with Crippen LogP contribution in [-0.4, -0.2) is 249 Å². The van der Waals surface area contributed by atoms with Crippen LogP contribution in [-0.2, 0) is 63.9 Å². The van der Waals surface area contributed by atoms with Gasteiger partial charge in [-0.2, -0.15) is 0 Å². The highest BCUT2D eigenvalue weighted by Gasteiger charge is 2.46. The van der Waals surface area contributed by atoms with E-state index in [0.717, 1.165) is 9.80 Å². The highest BCUT2D eigenvalue weighted by atomic mass is 16.5. The Hall–Kier alpha value is -7.71. The van der Waals surface area contributed by atoms with Gasteiger partial charge in [0.2, 0.25) is 65.0 Å². The number of H-pyrrole nitrogens is 1. The van der Waals surface area contributed by atoms with Crippen molar-refractivity contribution in [3.05, 3.63) is 29.6 Å². The number of nitrogens with one attached hydrogen (secondary N) is 5. The number of nitrogens with zero attached hydrogens (tertiary/aromatic N) is 8. The van der Waals surface area contributed by atoms with Gasteiger partial charge in [-0.15, -0.1) is 0 Å². The van der Waals surface area contributed by atoms with Gasteiger partial charge in [0.15, 0.2) is 0 Å². The third kappa shape index (κ3) is 22.7. The van der Waals surface area contributed by atoms with Crippen LogP contribution in [0.5, 0.6) is 0 Å². The van der Waals surface area contributed by atoms with Crippen LogP contribution in [0.4, 0.5) is 0 Å². The Balaban J connectivity index is 2.33. The fraction of sp³-hybridized carbons (Fsp3) is 0.732. The second kappa shape index (κ2) is 37.5. The van der Waals surface area contributed by atoms with Gasteiger partial charge in [-0.3, -0.25) is 52.7 Å². The Morgan fingerprint density at radius 1 is 0.520 bits per heavy atom. The SMILES string of the molecule is CC[C@@H]1NC(=O)[C@H]([C@H](O)[C@H](C)Cc2nc3ccc(C(=O)OCC(C)C)cc3[nH]2)N(C)C(=O)[C@H](C(C)C)N(C)C(=O)[C@H](CC(C)C)N(C)C(=O)[C@H](CC(C)C)N(C)C(=O)[C@@H](C)NC(=O)[C@H](C)NC(=O)[C@H](CC(C)C)N(C)C(=O)[C@H](C(C)C)NC(=O)[C@H](CC(C)C)N(C)C(=O)CN(C)C1=O. The van der Waals surface area contributed by atoms with E-state index < -0.39 is 162 Å². The summed E-state index contributed by atoms with van der Waals surface area (Å²) in [6.45, 7) is 31.3. The zero-order valence-corrected chi connectivity index (χ0v) is 63.2. The second-order valence-electron chi connectivity index (χ2n) is 29.9. The van der Waals surface area contributed by atoms with Crippen molar-refractivity contribution in [1.82, 2.24) is 65.5 Å². The smallest absolute Gasteiger partial charge is 0.338 e. The first-order valence-corrected chi connectivity index (χ1v) is 34.8. The number of likely N-dealkylation sites (N-methyl/N-ethyl adjacent to an activating group) is 7. The number of esters is 1. The highest BCUT2D eigenvalue weighted by molar-refractivity contribution is 6.00. The van der Waals surface area contributed by atoms with E-state index in [9.17, 15) is 43.5 Å². The largest absolute Gasteiger partial charge is 0.462 e. The second-order valence-corrected chi connectivity index (χ2v) is 29.9. The maximum atomic E-state index is 15.5. The van der Waals surface area contributed by atoms with Gasteiger partial charge >= 0.3 is 5.97 Å². The standard InChI is InChI=1S/C71H119N13O14/c1-26-48-66(92)78(19)35-56(85)79(20)51(29-37(2)3)63(89)77-57(42(12)13)69(95)80(21)52(30-38(4)5)62(88)72-45(17)61(87)73-46(18)65(91)81(22)53(31-39(6)7)67(93)82(23)54(32-40(8)9)68(94)83(24)58(43(14)15)70(96)84(25)59(64(90)76-48)60(86)44(16)33-55-74-49-28-27-47(34-50(49)75-55)71(97)98-36-41(10)11/h27-28,34,37-46,48,51-54,57-60,86H,26,29-33,35-36H2,1-25H3,(H,72,88)(H,73,87)(H,74,75)(H,76,90)(H,77,89)/t44-,45+,46-,48+,51+,52+,53+,54+,57+,58+,59+,60-/m1/s1. The molecule has 1 aromatic heterocycles. The average Bonchev–Trinajstić information content (AvgIpc) is 1.28. The summed E-state index contributed by atoms with van der Waals surface area (Å²) in [6, 6.07) is -8.06. The molecule has 0 unspecified atom stereocenters. The number of aliphatic hydroxyl groups is 1. The molecule has 1 aromatic carbocycles. The van der Waals surface area contributed by atoms with Crippen LogP contribution >= 0.6 is 0 Å². The van der Waals surface area contributed by atoms with E-state index in [-0.39, 0.29) is 80.3 Å². The van der Waals surface area contributed by atoms with E-state index in [1.807, 2.05) is 69.2 Å². The molecule has 0 bridgehead atoms. The summed E-state index contributed by atoms with van der Waals surface area (Å²) < 4.78 is 5.45. The number of imidazole rings is 1. The lowest BCUT2D eigenvalue weighted by Gasteiger charge is -2.41. The summed E-state index contributed by atoms with van der Waals surface area (Å²) in [6.07, 6.45) is -1.24. The van der Waals surface area contributed by atoms with Crippen molar-refractivity contribution in [3.8, 4) is 0 Å². The number of carbonyl (C=O) groups excluding carboxylic acids is 12. The van der Waals surface area contributed by atoms with Crippen molar-refractivity contribution in [1.29, 1.82) is 0 Å². The lowest BCUT2D eigenvalue weighted by Crippen LogP contribution is -2.63. The maximum absolute atomic E-state index is 15.5. The Morgan fingerprint density at radius 2 is 0.990 bits per heavy atom. The van der Waals surface area contributed by atoms with Gasteiger partial charge in [0.05, 0.1) is 35.9 Å². The monoisotopic (exact) mass is 1380 g/mol. The zero-order valence-electron chi connectivity index (χ0n) is 63.2. The van der Waals surface area contributed by atoms with Crippen LogP contribution in [0, 0.1) is 47.3 Å². The molecule has 27 heteroatoms. The number of ether oxygens (including phenoxy) is 1. The normalized spacial score (nSPS) is 24.9. The van der Waals surface area contributed by atoms with Gasteiger partial charge < -0.3 is 70.4 Å². The van der Waals surface area contributed by atoms with Crippen LogP contribution in [0.2, 0.25) is 0 Å². The molecule has 27 nitrogen and oxygen atoms in total. The molecule has 1 saturated heterocycles. The quantitative estimate of drug-likeness (QED) is 0.114. The third-order valence-electron chi connectivity index (χ3n) is 18.2. The van der Waals surface area contributed by atoms with Crippen molar-refractivity contribution in [2.24, 2.45) is 47.3 Å². The molecule has 98 heavy (non-hydrogen) atoms. The van der Waals surface area contributed by atoms with Crippen LogP contribution in [0.1, 0.15) is 173 Å². The number of rotatable bonds is 18. The Labute approximate surface area is 581 Å². The van der Waals surface area contributed by atoms with E-state index in [0.29, 0.717) is 16.9 Å². The van der Waals surface area contributed by atoms with Crippen molar-refractivity contribution < 1.29 is 67.4 Å². The Morgan fingerprint density at radius 3 is 1.49 bits per heavy atom. The predicted octanol–water partition coefficient (Wildman–Crippen LogP) is 4.23. The van der Waals surface area contributed by atoms with Gasteiger partial charge in [0.1, 0.15) is 66.2 Å². The van der Waals surface area contributed by atoms with E-state index in [1.165, 1.54) is 87.7 Å². The van der Waals surface area contributed by atoms with Gasteiger partial charge in [-0.25, -0.2) is 9.78 Å². The maximum Gasteiger partial charge on any atom is 0.338 e. The van der Waals surface area contributed by atoms with Gasteiger partial charge in [0, 0.05) is 55.8 Å².